The first kappa shape index (κ1) is 11.6. The molecule has 0 spiro atoms. The van der Waals surface area contributed by atoms with Crippen LogP contribution in [0.25, 0.3) is 0 Å². The zero-order chi connectivity index (χ0) is 11.2. The highest BCUT2D eigenvalue weighted by molar-refractivity contribution is 5.05. The quantitative estimate of drug-likeness (QED) is 0.822. The Bertz CT molecular complexity index is 297. The van der Waals surface area contributed by atoms with Crippen LogP contribution in [0.15, 0.2) is 24.4 Å². The van der Waals surface area contributed by atoms with Crippen molar-refractivity contribution in [1.82, 2.24) is 10.3 Å². The summed E-state index contributed by atoms with van der Waals surface area (Å²) < 4.78 is 0. The first-order valence-corrected chi connectivity index (χ1v) is 6.53. The van der Waals surface area contributed by atoms with Gasteiger partial charge < -0.3 is 5.32 Å². The SMILES string of the molecule is CCCNC1CCCC1Cc1ccccn1. The van der Waals surface area contributed by atoms with Crippen LogP contribution < -0.4 is 5.32 Å². The normalized spacial score (nSPS) is 24.8. The maximum Gasteiger partial charge on any atom is 0.0406 e. The topological polar surface area (TPSA) is 24.9 Å². The number of hydrogen-bond donors (Lipinski definition) is 1. The minimum absolute atomic E-state index is 0.724. The van der Waals surface area contributed by atoms with Gasteiger partial charge in [-0.3, -0.25) is 4.98 Å². The summed E-state index contributed by atoms with van der Waals surface area (Å²) >= 11 is 0. The van der Waals surface area contributed by atoms with Gasteiger partial charge >= 0.3 is 0 Å². The molecule has 0 amide bonds. The van der Waals surface area contributed by atoms with E-state index in [2.05, 4.69) is 29.4 Å². The van der Waals surface area contributed by atoms with Gasteiger partial charge in [-0.25, -0.2) is 0 Å². The molecule has 88 valence electrons. The van der Waals surface area contributed by atoms with Crippen molar-refractivity contribution in [2.45, 2.75) is 45.1 Å². The second kappa shape index (κ2) is 6.00. The molecule has 1 aliphatic rings. The summed E-state index contributed by atoms with van der Waals surface area (Å²) in [6, 6.07) is 6.95. The summed E-state index contributed by atoms with van der Waals surface area (Å²) in [7, 11) is 0. The first-order valence-electron chi connectivity index (χ1n) is 6.53. The number of hydrogen-bond acceptors (Lipinski definition) is 2. The van der Waals surface area contributed by atoms with E-state index in [1.54, 1.807) is 0 Å². The highest BCUT2D eigenvalue weighted by atomic mass is 14.9. The Hall–Kier alpha value is -0.890. The molecule has 1 N–H and O–H groups in total. The number of nitrogens with zero attached hydrogens (tertiary/aromatic N) is 1. The maximum absolute atomic E-state index is 4.43. The summed E-state index contributed by atoms with van der Waals surface area (Å²) in [5, 5.41) is 3.67. The molecule has 1 aliphatic carbocycles. The van der Waals surface area contributed by atoms with Gasteiger partial charge in [0.25, 0.3) is 0 Å². The molecular weight excluding hydrogens is 196 g/mol. The fourth-order valence-corrected chi connectivity index (χ4v) is 2.67. The van der Waals surface area contributed by atoms with Crippen molar-refractivity contribution in [3.05, 3.63) is 30.1 Å². The highest BCUT2D eigenvalue weighted by Crippen LogP contribution is 2.28. The Labute approximate surface area is 98.5 Å². The lowest BCUT2D eigenvalue weighted by Gasteiger charge is -2.20. The fourth-order valence-electron chi connectivity index (χ4n) is 2.67. The lowest BCUT2D eigenvalue weighted by Crippen LogP contribution is -2.33. The van der Waals surface area contributed by atoms with Gasteiger partial charge in [0.15, 0.2) is 0 Å². The second-order valence-electron chi connectivity index (χ2n) is 4.78. The molecule has 0 aliphatic heterocycles. The van der Waals surface area contributed by atoms with Crippen LogP contribution in [0.4, 0.5) is 0 Å². The van der Waals surface area contributed by atoms with Gasteiger partial charge in [-0.1, -0.05) is 19.4 Å². The van der Waals surface area contributed by atoms with E-state index in [0.29, 0.717) is 0 Å². The molecule has 1 fully saturated rings. The molecule has 2 atom stereocenters. The van der Waals surface area contributed by atoms with Gasteiger partial charge in [0, 0.05) is 17.9 Å². The third-order valence-corrected chi connectivity index (χ3v) is 3.51. The number of pyridine rings is 1. The van der Waals surface area contributed by atoms with Crippen molar-refractivity contribution in [3.63, 3.8) is 0 Å². The smallest absolute Gasteiger partial charge is 0.0406 e. The van der Waals surface area contributed by atoms with E-state index in [1.807, 2.05) is 12.3 Å². The highest BCUT2D eigenvalue weighted by Gasteiger charge is 2.26. The standard InChI is InChI=1S/C14H22N2/c1-2-9-16-14-8-5-6-12(14)11-13-7-3-4-10-15-13/h3-4,7,10,12,14,16H,2,5-6,8-9,11H2,1H3. The monoisotopic (exact) mass is 218 g/mol. The van der Waals surface area contributed by atoms with E-state index in [0.717, 1.165) is 24.9 Å². The summed E-state index contributed by atoms with van der Waals surface area (Å²) in [6.07, 6.45) is 8.35. The van der Waals surface area contributed by atoms with Crippen LogP contribution >= 0.6 is 0 Å². The van der Waals surface area contributed by atoms with Gasteiger partial charge in [0.1, 0.15) is 0 Å². The molecule has 2 heteroatoms. The Morgan fingerprint density at radius 2 is 2.31 bits per heavy atom. The van der Waals surface area contributed by atoms with E-state index in [-0.39, 0.29) is 0 Å². The number of aromatic nitrogens is 1. The van der Waals surface area contributed by atoms with Crippen molar-refractivity contribution >= 4 is 0 Å². The molecular formula is C14H22N2. The zero-order valence-electron chi connectivity index (χ0n) is 10.2. The zero-order valence-corrected chi connectivity index (χ0v) is 10.2. The summed E-state index contributed by atoms with van der Waals surface area (Å²) in [5.74, 6) is 0.793. The molecule has 0 aromatic carbocycles. The summed E-state index contributed by atoms with van der Waals surface area (Å²) in [6.45, 7) is 3.39. The average molecular weight is 218 g/mol. The van der Waals surface area contributed by atoms with E-state index in [9.17, 15) is 0 Å². The predicted molar refractivity (Wildman–Crippen MR) is 67.4 cm³/mol. The molecule has 1 aromatic heterocycles. The first-order chi connectivity index (χ1) is 7.90. The van der Waals surface area contributed by atoms with Crippen LogP contribution in [0.1, 0.15) is 38.3 Å². The minimum atomic E-state index is 0.724. The summed E-state index contributed by atoms with van der Waals surface area (Å²) in [5.41, 5.74) is 1.25. The van der Waals surface area contributed by atoms with E-state index < -0.39 is 0 Å². The average Bonchev–Trinajstić information content (AvgIpc) is 2.75. The Balaban J connectivity index is 1.88. The molecule has 0 radical (unpaired) electrons. The molecule has 2 rings (SSSR count). The van der Waals surface area contributed by atoms with Crippen LogP contribution in [0.3, 0.4) is 0 Å². The van der Waals surface area contributed by atoms with Crippen molar-refractivity contribution in [2.75, 3.05) is 6.54 Å². The van der Waals surface area contributed by atoms with Gasteiger partial charge in [-0.05, 0) is 50.3 Å². The van der Waals surface area contributed by atoms with Crippen LogP contribution in [0.5, 0.6) is 0 Å². The molecule has 2 unspecified atom stereocenters. The van der Waals surface area contributed by atoms with E-state index in [1.165, 1.54) is 31.4 Å². The Morgan fingerprint density at radius 3 is 3.06 bits per heavy atom. The second-order valence-corrected chi connectivity index (χ2v) is 4.78. The Morgan fingerprint density at radius 1 is 1.38 bits per heavy atom. The van der Waals surface area contributed by atoms with Gasteiger partial charge in [-0.2, -0.15) is 0 Å². The van der Waals surface area contributed by atoms with Crippen molar-refractivity contribution in [2.24, 2.45) is 5.92 Å². The Kier molecular flexibility index (Phi) is 4.34. The molecule has 0 bridgehead atoms. The van der Waals surface area contributed by atoms with Crippen LogP contribution in [-0.4, -0.2) is 17.6 Å². The molecule has 1 saturated carbocycles. The molecule has 1 heterocycles. The molecule has 2 nitrogen and oxygen atoms in total. The maximum atomic E-state index is 4.43. The van der Waals surface area contributed by atoms with Crippen LogP contribution in [0, 0.1) is 5.92 Å². The largest absolute Gasteiger partial charge is 0.314 e. The fraction of sp³-hybridized carbons (Fsp3) is 0.643. The number of rotatable bonds is 5. The third-order valence-electron chi connectivity index (χ3n) is 3.51. The minimum Gasteiger partial charge on any atom is -0.314 e. The van der Waals surface area contributed by atoms with Crippen LogP contribution in [-0.2, 0) is 6.42 Å². The molecule has 0 saturated heterocycles. The molecule has 1 aromatic rings. The van der Waals surface area contributed by atoms with Crippen molar-refractivity contribution in [1.29, 1.82) is 0 Å². The predicted octanol–water partition coefficient (Wildman–Crippen LogP) is 2.79. The van der Waals surface area contributed by atoms with Crippen molar-refractivity contribution in [3.8, 4) is 0 Å². The van der Waals surface area contributed by atoms with E-state index in [4.69, 9.17) is 0 Å². The third kappa shape index (κ3) is 3.05. The van der Waals surface area contributed by atoms with Gasteiger partial charge in [0.2, 0.25) is 0 Å². The lowest BCUT2D eigenvalue weighted by atomic mass is 9.97. The lowest BCUT2D eigenvalue weighted by molar-refractivity contribution is 0.396. The number of nitrogens with one attached hydrogen (secondary N) is 1. The summed E-state index contributed by atoms with van der Waals surface area (Å²) in [4.78, 5) is 4.43. The van der Waals surface area contributed by atoms with Gasteiger partial charge in [-0.15, -0.1) is 0 Å². The van der Waals surface area contributed by atoms with Crippen molar-refractivity contribution < 1.29 is 0 Å². The van der Waals surface area contributed by atoms with Gasteiger partial charge in [0.05, 0.1) is 0 Å². The molecule has 16 heavy (non-hydrogen) atoms. The van der Waals surface area contributed by atoms with E-state index >= 15 is 0 Å². The van der Waals surface area contributed by atoms with Crippen LogP contribution in [0.2, 0.25) is 0 Å².